The summed E-state index contributed by atoms with van der Waals surface area (Å²) in [6.07, 6.45) is 0.566. The van der Waals surface area contributed by atoms with Crippen molar-refractivity contribution in [1.82, 2.24) is 10.2 Å². The molecule has 0 aliphatic carbocycles. The van der Waals surface area contributed by atoms with Gasteiger partial charge in [-0.05, 0) is 30.2 Å². The largest absolute Gasteiger partial charge is 0.297 e. The van der Waals surface area contributed by atoms with Gasteiger partial charge in [0, 0.05) is 0 Å². The molecule has 1 atom stereocenters. The highest BCUT2D eigenvalue weighted by Gasteiger charge is 2.33. The summed E-state index contributed by atoms with van der Waals surface area (Å²) in [6.45, 7) is 1.84. The average molecular weight is 275 g/mol. The normalized spacial score (nSPS) is 19.1. The van der Waals surface area contributed by atoms with Crippen LogP contribution in [0.5, 0.6) is 0 Å². The summed E-state index contributed by atoms with van der Waals surface area (Å²) in [4.78, 5) is 25.0. The number of carbonyl (C=O) groups is 2. The number of benzene rings is 1. The second-order valence-corrected chi connectivity index (χ2v) is 4.57. The maximum absolute atomic E-state index is 13.3. The molecule has 1 heterocycles. The Kier molecular flexibility index (Phi) is 4.11. The maximum Gasteiger partial charge on any atom is 0.246 e. The Morgan fingerprint density at radius 3 is 2.90 bits per heavy atom. The summed E-state index contributed by atoms with van der Waals surface area (Å²) < 4.78 is 13.3. The predicted molar refractivity (Wildman–Crippen MR) is 68.8 cm³/mol. The lowest BCUT2D eigenvalue weighted by atomic mass is 10.1. The van der Waals surface area contributed by atoms with Gasteiger partial charge in [0.1, 0.15) is 5.82 Å². The van der Waals surface area contributed by atoms with Gasteiger partial charge >= 0.3 is 0 Å². The number of nitriles is 1. The molecule has 1 unspecified atom stereocenters. The first-order chi connectivity index (χ1) is 9.56. The number of hydrogen-bond acceptors (Lipinski definition) is 4. The summed E-state index contributed by atoms with van der Waals surface area (Å²) in [5, 5.41) is 11.8. The number of nitrogens with zero attached hydrogens (tertiary/aromatic N) is 2. The summed E-state index contributed by atoms with van der Waals surface area (Å²) in [7, 11) is 0. The summed E-state index contributed by atoms with van der Waals surface area (Å²) in [6, 6.07) is 5.23. The van der Waals surface area contributed by atoms with Crippen molar-refractivity contribution < 1.29 is 14.0 Å². The molecule has 0 bridgehead atoms. The molecule has 1 aliphatic heterocycles. The van der Waals surface area contributed by atoms with Crippen LogP contribution < -0.4 is 5.32 Å². The third kappa shape index (κ3) is 2.68. The van der Waals surface area contributed by atoms with Crippen LogP contribution in [0.4, 0.5) is 4.39 Å². The van der Waals surface area contributed by atoms with Gasteiger partial charge in [-0.1, -0.05) is 6.92 Å². The van der Waals surface area contributed by atoms with Gasteiger partial charge in [0.15, 0.2) is 0 Å². The molecule has 1 aliphatic rings. The minimum absolute atomic E-state index is 0.0709. The van der Waals surface area contributed by atoms with Crippen molar-refractivity contribution in [2.24, 2.45) is 0 Å². The first kappa shape index (κ1) is 14.2. The van der Waals surface area contributed by atoms with Crippen LogP contribution >= 0.6 is 0 Å². The predicted octanol–water partition coefficient (Wildman–Crippen LogP) is 0.934. The number of amides is 2. The van der Waals surface area contributed by atoms with Crippen LogP contribution in [-0.4, -0.2) is 29.3 Å². The molecule has 1 aromatic carbocycles. The van der Waals surface area contributed by atoms with Crippen molar-refractivity contribution >= 4 is 11.8 Å². The van der Waals surface area contributed by atoms with Gasteiger partial charge in [-0.2, -0.15) is 5.26 Å². The Labute approximate surface area is 116 Å². The number of imide groups is 1. The highest BCUT2D eigenvalue weighted by molar-refractivity contribution is 6.01. The fourth-order valence-electron chi connectivity index (χ4n) is 2.16. The number of rotatable bonds is 3. The van der Waals surface area contributed by atoms with Crippen molar-refractivity contribution in [3.05, 3.63) is 35.1 Å². The SMILES string of the molecule is CCC1NCC(=O)N(Cc2cc(F)ccc2C#N)C1=O. The minimum Gasteiger partial charge on any atom is -0.297 e. The molecular weight excluding hydrogens is 261 g/mol. The smallest absolute Gasteiger partial charge is 0.246 e. The lowest BCUT2D eigenvalue weighted by Crippen LogP contribution is -2.57. The number of halogens is 1. The number of nitrogens with one attached hydrogen (secondary N) is 1. The van der Waals surface area contributed by atoms with E-state index in [1.165, 1.54) is 18.2 Å². The molecule has 1 fully saturated rings. The standard InChI is InChI=1S/C14H14FN3O2/c1-2-12-14(20)18(13(19)7-17-12)8-10-5-11(15)4-3-9(10)6-16/h3-5,12,17H,2,7-8H2,1H3. The van der Waals surface area contributed by atoms with E-state index in [1.807, 2.05) is 13.0 Å². The Hall–Kier alpha value is -2.26. The molecule has 0 radical (unpaired) electrons. The van der Waals surface area contributed by atoms with E-state index in [0.717, 1.165) is 4.90 Å². The molecule has 20 heavy (non-hydrogen) atoms. The first-order valence-electron chi connectivity index (χ1n) is 6.33. The van der Waals surface area contributed by atoms with E-state index in [2.05, 4.69) is 5.32 Å². The van der Waals surface area contributed by atoms with Crippen molar-refractivity contribution in [2.45, 2.75) is 25.9 Å². The summed E-state index contributed by atoms with van der Waals surface area (Å²) in [5.41, 5.74) is 0.601. The Morgan fingerprint density at radius 2 is 2.25 bits per heavy atom. The van der Waals surface area contributed by atoms with Crippen LogP contribution in [0.25, 0.3) is 0 Å². The molecule has 0 saturated carbocycles. The number of carbonyl (C=O) groups excluding carboxylic acids is 2. The van der Waals surface area contributed by atoms with Gasteiger partial charge in [-0.25, -0.2) is 4.39 Å². The third-order valence-corrected chi connectivity index (χ3v) is 3.29. The van der Waals surface area contributed by atoms with Gasteiger partial charge in [0.2, 0.25) is 11.8 Å². The monoisotopic (exact) mass is 275 g/mol. The van der Waals surface area contributed by atoms with Crippen molar-refractivity contribution in [3.63, 3.8) is 0 Å². The second kappa shape index (κ2) is 5.80. The second-order valence-electron chi connectivity index (χ2n) is 4.57. The van der Waals surface area contributed by atoms with E-state index < -0.39 is 11.9 Å². The topological polar surface area (TPSA) is 73.2 Å². The molecular formula is C14H14FN3O2. The maximum atomic E-state index is 13.3. The van der Waals surface area contributed by atoms with Gasteiger partial charge in [0.25, 0.3) is 0 Å². The molecule has 0 aromatic heterocycles. The molecule has 1 saturated heterocycles. The Balaban J connectivity index is 2.28. The van der Waals surface area contributed by atoms with Crippen LogP contribution in [0, 0.1) is 17.1 Å². The molecule has 1 aromatic rings. The molecule has 2 amide bonds. The molecule has 2 rings (SSSR count). The fraction of sp³-hybridized carbons (Fsp3) is 0.357. The summed E-state index contributed by atoms with van der Waals surface area (Å²) in [5.74, 6) is -1.20. The van der Waals surface area contributed by atoms with E-state index in [0.29, 0.717) is 12.0 Å². The van der Waals surface area contributed by atoms with Crippen LogP contribution in [0.2, 0.25) is 0 Å². The van der Waals surface area contributed by atoms with E-state index >= 15 is 0 Å². The lowest BCUT2D eigenvalue weighted by Gasteiger charge is -2.31. The lowest BCUT2D eigenvalue weighted by molar-refractivity contribution is -0.150. The highest BCUT2D eigenvalue weighted by atomic mass is 19.1. The van der Waals surface area contributed by atoms with Crippen LogP contribution in [0.1, 0.15) is 24.5 Å². The van der Waals surface area contributed by atoms with Gasteiger partial charge < -0.3 is 0 Å². The number of hydrogen-bond donors (Lipinski definition) is 1. The van der Waals surface area contributed by atoms with Crippen LogP contribution in [0.3, 0.4) is 0 Å². The van der Waals surface area contributed by atoms with Crippen molar-refractivity contribution in [1.29, 1.82) is 5.26 Å². The Bertz CT molecular complexity index is 595. The molecule has 1 N–H and O–H groups in total. The van der Waals surface area contributed by atoms with Gasteiger partial charge in [-0.3, -0.25) is 19.8 Å². The average Bonchev–Trinajstić information content (AvgIpc) is 2.44. The zero-order valence-corrected chi connectivity index (χ0v) is 11.0. The fourth-order valence-corrected chi connectivity index (χ4v) is 2.16. The van der Waals surface area contributed by atoms with E-state index in [1.54, 1.807) is 0 Å². The molecule has 104 valence electrons. The zero-order chi connectivity index (χ0) is 14.7. The van der Waals surface area contributed by atoms with Gasteiger partial charge in [-0.15, -0.1) is 0 Å². The number of piperazine rings is 1. The van der Waals surface area contributed by atoms with Gasteiger partial charge in [0.05, 0.1) is 30.8 Å². The van der Waals surface area contributed by atoms with Crippen LogP contribution in [0.15, 0.2) is 18.2 Å². The van der Waals surface area contributed by atoms with E-state index in [-0.39, 0.29) is 30.5 Å². The molecule has 5 nitrogen and oxygen atoms in total. The molecule has 6 heteroatoms. The van der Waals surface area contributed by atoms with Crippen molar-refractivity contribution in [3.8, 4) is 6.07 Å². The zero-order valence-electron chi connectivity index (χ0n) is 11.0. The third-order valence-electron chi connectivity index (χ3n) is 3.29. The highest BCUT2D eigenvalue weighted by Crippen LogP contribution is 2.16. The van der Waals surface area contributed by atoms with Crippen LogP contribution in [-0.2, 0) is 16.1 Å². The minimum atomic E-state index is -0.499. The Morgan fingerprint density at radius 1 is 1.50 bits per heavy atom. The summed E-state index contributed by atoms with van der Waals surface area (Å²) >= 11 is 0. The van der Waals surface area contributed by atoms with E-state index in [4.69, 9.17) is 5.26 Å². The first-order valence-corrected chi connectivity index (χ1v) is 6.33. The van der Waals surface area contributed by atoms with E-state index in [9.17, 15) is 14.0 Å². The molecule has 0 spiro atoms. The quantitative estimate of drug-likeness (QED) is 0.833. The van der Waals surface area contributed by atoms with Crippen molar-refractivity contribution in [2.75, 3.05) is 6.54 Å².